The normalized spacial score (nSPS) is 10.6. The molecule has 0 atom stereocenters. The number of benzene rings is 1. The molecular formula is C13H16N2S. The number of aromatic nitrogens is 1. The molecule has 0 aliphatic rings. The lowest BCUT2D eigenvalue weighted by Crippen LogP contribution is -1.93. The zero-order valence-corrected chi connectivity index (χ0v) is 10.3. The van der Waals surface area contributed by atoms with Crippen LogP contribution in [0.4, 0.5) is 5.13 Å². The van der Waals surface area contributed by atoms with Crippen LogP contribution >= 0.6 is 11.3 Å². The molecule has 1 aromatic heterocycles. The van der Waals surface area contributed by atoms with Crippen LogP contribution < -0.4 is 5.73 Å². The third-order valence-electron chi connectivity index (χ3n) is 2.67. The molecule has 0 spiro atoms. The summed E-state index contributed by atoms with van der Waals surface area (Å²) in [5.41, 5.74) is 9.45. The quantitative estimate of drug-likeness (QED) is 0.880. The molecule has 0 bridgehead atoms. The van der Waals surface area contributed by atoms with Crippen molar-refractivity contribution in [3.8, 4) is 0 Å². The predicted molar refractivity (Wildman–Crippen MR) is 69.8 cm³/mol. The second-order valence-corrected chi connectivity index (χ2v) is 4.74. The number of nitrogen functional groups attached to an aromatic ring is 1. The first-order valence-electron chi connectivity index (χ1n) is 5.55. The number of thiazole rings is 1. The minimum absolute atomic E-state index is 0.663. The predicted octanol–water partition coefficient (Wildman–Crippen LogP) is 3.07. The molecule has 2 nitrogen and oxygen atoms in total. The average molecular weight is 232 g/mol. The number of hydrogen-bond acceptors (Lipinski definition) is 3. The first-order chi connectivity index (χ1) is 7.78. The topological polar surface area (TPSA) is 38.9 Å². The number of aryl methyl sites for hydroxylation is 3. The Morgan fingerprint density at radius 2 is 1.81 bits per heavy atom. The minimum Gasteiger partial charge on any atom is -0.375 e. The Balaban J connectivity index is 1.94. The van der Waals surface area contributed by atoms with Gasteiger partial charge in [-0.3, -0.25) is 0 Å². The molecule has 0 saturated heterocycles. The van der Waals surface area contributed by atoms with Crippen molar-refractivity contribution in [3.63, 3.8) is 0 Å². The molecule has 2 N–H and O–H groups in total. The SMILES string of the molecule is CCc1ccc(CCc2csc(N)n2)cc1. The van der Waals surface area contributed by atoms with Crippen molar-refractivity contribution >= 4 is 16.5 Å². The van der Waals surface area contributed by atoms with Crippen molar-refractivity contribution in [1.29, 1.82) is 0 Å². The van der Waals surface area contributed by atoms with Gasteiger partial charge in [0.15, 0.2) is 5.13 Å². The van der Waals surface area contributed by atoms with Crippen molar-refractivity contribution in [2.75, 3.05) is 5.73 Å². The van der Waals surface area contributed by atoms with Crippen LogP contribution in [0.15, 0.2) is 29.6 Å². The lowest BCUT2D eigenvalue weighted by atomic mass is 10.1. The maximum absolute atomic E-state index is 5.59. The van der Waals surface area contributed by atoms with E-state index in [1.165, 1.54) is 22.5 Å². The minimum atomic E-state index is 0.663. The first-order valence-corrected chi connectivity index (χ1v) is 6.43. The highest BCUT2D eigenvalue weighted by Gasteiger charge is 2.00. The monoisotopic (exact) mass is 232 g/mol. The van der Waals surface area contributed by atoms with Gasteiger partial charge in [0.2, 0.25) is 0 Å². The second-order valence-electron chi connectivity index (χ2n) is 3.85. The highest BCUT2D eigenvalue weighted by Crippen LogP contribution is 2.14. The fourth-order valence-electron chi connectivity index (χ4n) is 1.65. The zero-order chi connectivity index (χ0) is 11.4. The third-order valence-corrected chi connectivity index (χ3v) is 3.39. The summed E-state index contributed by atoms with van der Waals surface area (Å²) in [6.07, 6.45) is 3.11. The van der Waals surface area contributed by atoms with E-state index in [4.69, 9.17) is 5.73 Å². The summed E-state index contributed by atoms with van der Waals surface area (Å²) in [5, 5.41) is 2.70. The molecule has 0 unspecified atom stereocenters. The number of nitrogens with zero attached hydrogens (tertiary/aromatic N) is 1. The van der Waals surface area contributed by atoms with Gasteiger partial charge in [-0.25, -0.2) is 4.98 Å². The van der Waals surface area contributed by atoms with E-state index in [0.29, 0.717) is 5.13 Å². The summed E-state index contributed by atoms with van der Waals surface area (Å²) in [5.74, 6) is 0. The van der Waals surface area contributed by atoms with Gasteiger partial charge in [-0.1, -0.05) is 31.2 Å². The number of rotatable bonds is 4. The summed E-state index contributed by atoms with van der Waals surface area (Å²) in [7, 11) is 0. The maximum atomic E-state index is 5.59. The summed E-state index contributed by atoms with van der Waals surface area (Å²) >= 11 is 1.51. The molecule has 0 aliphatic heterocycles. The smallest absolute Gasteiger partial charge is 0.180 e. The van der Waals surface area contributed by atoms with Crippen LogP contribution in [0.25, 0.3) is 0 Å². The van der Waals surface area contributed by atoms with Crippen LogP contribution in [0, 0.1) is 0 Å². The Bertz CT molecular complexity index is 445. The van der Waals surface area contributed by atoms with E-state index in [2.05, 4.69) is 36.2 Å². The Hall–Kier alpha value is -1.35. The van der Waals surface area contributed by atoms with Crippen molar-refractivity contribution in [3.05, 3.63) is 46.5 Å². The summed E-state index contributed by atoms with van der Waals surface area (Å²) < 4.78 is 0. The summed E-state index contributed by atoms with van der Waals surface area (Å²) in [4.78, 5) is 4.26. The van der Waals surface area contributed by atoms with E-state index in [1.54, 1.807) is 0 Å². The van der Waals surface area contributed by atoms with Crippen molar-refractivity contribution in [1.82, 2.24) is 4.98 Å². The highest BCUT2D eigenvalue weighted by molar-refractivity contribution is 7.13. The standard InChI is InChI=1S/C13H16N2S/c1-2-10-3-5-11(6-4-10)7-8-12-9-16-13(14)15-12/h3-6,9H,2,7-8H2,1H3,(H2,14,15). The molecule has 2 rings (SSSR count). The molecule has 0 saturated carbocycles. The molecule has 1 heterocycles. The number of anilines is 1. The molecule has 0 radical (unpaired) electrons. The van der Waals surface area contributed by atoms with Gasteiger partial charge in [-0.05, 0) is 30.4 Å². The van der Waals surface area contributed by atoms with Crippen LogP contribution in [0.2, 0.25) is 0 Å². The van der Waals surface area contributed by atoms with Gasteiger partial charge < -0.3 is 5.73 Å². The number of hydrogen-bond donors (Lipinski definition) is 1. The van der Waals surface area contributed by atoms with Crippen molar-refractivity contribution in [2.24, 2.45) is 0 Å². The Labute approximate surface area is 100 Å². The molecule has 0 fully saturated rings. The maximum Gasteiger partial charge on any atom is 0.180 e. The van der Waals surface area contributed by atoms with Crippen LogP contribution in [-0.4, -0.2) is 4.98 Å². The van der Waals surface area contributed by atoms with Crippen molar-refractivity contribution < 1.29 is 0 Å². The lowest BCUT2D eigenvalue weighted by Gasteiger charge is -2.01. The van der Waals surface area contributed by atoms with Gasteiger partial charge in [-0.2, -0.15) is 0 Å². The van der Waals surface area contributed by atoms with E-state index in [0.717, 1.165) is 25.0 Å². The van der Waals surface area contributed by atoms with Gasteiger partial charge in [0.1, 0.15) is 0 Å². The van der Waals surface area contributed by atoms with Crippen LogP contribution in [0.1, 0.15) is 23.7 Å². The Morgan fingerprint density at radius 1 is 1.12 bits per heavy atom. The lowest BCUT2D eigenvalue weighted by molar-refractivity contribution is 0.925. The molecule has 2 aromatic rings. The Kier molecular flexibility index (Phi) is 3.57. The van der Waals surface area contributed by atoms with Gasteiger partial charge in [-0.15, -0.1) is 11.3 Å². The van der Waals surface area contributed by atoms with E-state index < -0.39 is 0 Å². The average Bonchev–Trinajstić information content (AvgIpc) is 2.73. The largest absolute Gasteiger partial charge is 0.375 e. The molecule has 1 aromatic carbocycles. The second kappa shape index (κ2) is 5.12. The fourth-order valence-corrected chi connectivity index (χ4v) is 2.25. The summed E-state index contributed by atoms with van der Waals surface area (Å²) in [6, 6.07) is 8.80. The van der Waals surface area contributed by atoms with E-state index >= 15 is 0 Å². The third kappa shape index (κ3) is 2.83. The molecular weight excluding hydrogens is 216 g/mol. The van der Waals surface area contributed by atoms with Crippen LogP contribution in [0.5, 0.6) is 0 Å². The molecule has 0 amide bonds. The molecule has 84 valence electrons. The Morgan fingerprint density at radius 3 is 2.38 bits per heavy atom. The molecule has 16 heavy (non-hydrogen) atoms. The van der Waals surface area contributed by atoms with Gasteiger partial charge >= 0.3 is 0 Å². The molecule has 0 aliphatic carbocycles. The van der Waals surface area contributed by atoms with Gasteiger partial charge in [0.05, 0.1) is 5.69 Å². The fraction of sp³-hybridized carbons (Fsp3) is 0.308. The summed E-state index contributed by atoms with van der Waals surface area (Å²) in [6.45, 7) is 2.17. The van der Waals surface area contributed by atoms with Crippen LogP contribution in [0.3, 0.4) is 0 Å². The van der Waals surface area contributed by atoms with E-state index in [-0.39, 0.29) is 0 Å². The van der Waals surface area contributed by atoms with Crippen molar-refractivity contribution in [2.45, 2.75) is 26.2 Å². The van der Waals surface area contributed by atoms with Gasteiger partial charge in [0, 0.05) is 5.38 Å². The van der Waals surface area contributed by atoms with Crippen LogP contribution in [-0.2, 0) is 19.3 Å². The highest BCUT2D eigenvalue weighted by atomic mass is 32.1. The van der Waals surface area contributed by atoms with E-state index in [1.807, 2.05) is 5.38 Å². The van der Waals surface area contributed by atoms with E-state index in [9.17, 15) is 0 Å². The van der Waals surface area contributed by atoms with Gasteiger partial charge in [0.25, 0.3) is 0 Å². The number of nitrogens with two attached hydrogens (primary N) is 1. The first kappa shape index (κ1) is 11.1. The zero-order valence-electron chi connectivity index (χ0n) is 9.44. The molecule has 3 heteroatoms.